The molecule has 0 unspecified atom stereocenters. The number of rotatable bonds is 10. The van der Waals surface area contributed by atoms with E-state index in [1.54, 1.807) is 0 Å². The lowest BCUT2D eigenvalue weighted by molar-refractivity contribution is 0.330. The molecule has 18 heavy (non-hydrogen) atoms. The highest BCUT2D eigenvalue weighted by Crippen LogP contribution is 2.50. The summed E-state index contributed by atoms with van der Waals surface area (Å²) in [5, 5.41) is 0. The second kappa shape index (κ2) is 9.14. The summed E-state index contributed by atoms with van der Waals surface area (Å²) in [5.74, 6) is 0. The van der Waals surface area contributed by atoms with Crippen LogP contribution in [-0.2, 0) is 4.43 Å². The van der Waals surface area contributed by atoms with Crippen LogP contribution in [0.3, 0.4) is 0 Å². The summed E-state index contributed by atoms with van der Waals surface area (Å²) in [7, 11) is 0.357. The first-order chi connectivity index (χ1) is 8.62. The fourth-order valence-electron chi connectivity index (χ4n) is 4.28. The molecule has 0 atom stereocenters. The number of hydrogen-bond donors (Lipinski definition) is 0. The van der Waals surface area contributed by atoms with Crippen LogP contribution >= 0.6 is 0 Å². The Balaban J connectivity index is 5.55. The molecule has 2 heteroatoms. The molecule has 0 rings (SSSR count). The summed E-state index contributed by atoms with van der Waals surface area (Å²) in [5.41, 5.74) is 2.49. The summed E-state index contributed by atoms with van der Waals surface area (Å²) in [4.78, 5) is 0. The lowest BCUT2D eigenvalue weighted by Crippen LogP contribution is -2.51. The molecule has 0 heterocycles. The minimum atomic E-state index is -1.66. The van der Waals surface area contributed by atoms with Crippen LogP contribution < -0.4 is 0 Å². The molecule has 0 aromatic rings. The topological polar surface area (TPSA) is 9.23 Å². The molecule has 0 spiro atoms. The van der Waals surface area contributed by atoms with Gasteiger partial charge in [0.05, 0.1) is 0 Å². The SMILES string of the molecule is CCC(CC)[Si](OC)(C(CC)CC)C(CC)CC. The van der Waals surface area contributed by atoms with Crippen LogP contribution in [0, 0.1) is 0 Å². The lowest BCUT2D eigenvalue weighted by atomic mass is 10.2. The zero-order valence-electron chi connectivity index (χ0n) is 13.9. The maximum Gasteiger partial charge on any atom is 0.201 e. The third-order valence-electron chi connectivity index (χ3n) is 5.22. The van der Waals surface area contributed by atoms with Crippen LogP contribution in [-0.4, -0.2) is 15.4 Å². The van der Waals surface area contributed by atoms with Crippen molar-refractivity contribution in [3.8, 4) is 0 Å². The van der Waals surface area contributed by atoms with Crippen molar-refractivity contribution in [2.75, 3.05) is 7.11 Å². The van der Waals surface area contributed by atoms with Gasteiger partial charge in [-0.3, -0.25) is 0 Å². The first-order valence-corrected chi connectivity index (χ1v) is 10.3. The summed E-state index contributed by atoms with van der Waals surface area (Å²) in [6, 6.07) is 0. The van der Waals surface area contributed by atoms with Gasteiger partial charge >= 0.3 is 0 Å². The van der Waals surface area contributed by atoms with Crippen molar-refractivity contribution in [1.29, 1.82) is 0 Å². The van der Waals surface area contributed by atoms with E-state index in [4.69, 9.17) is 4.43 Å². The van der Waals surface area contributed by atoms with E-state index in [1.807, 2.05) is 7.11 Å². The van der Waals surface area contributed by atoms with Crippen LogP contribution in [0.2, 0.25) is 16.6 Å². The molecule has 0 fully saturated rings. The summed E-state index contributed by atoms with van der Waals surface area (Å²) in [6.45, 7) is 14.2. The minimum absolute atomic E-state index is 0.831. The Morgan fingerprint density at radius 1 is 0.611 bits per heavy atom. The zero-order valence-corrected chi connectivity index (χ0v) is 14.9. The summed E-state index contributed by atoms with van der Waals surface area (Å²) < 4.78 is 6.41. The molecular formula is C16H36OSi. The monoisotopic (exact) mass is 272 g/mol. The second-order valence-corrected chi connectivity index (χ2v) is 10.2. The highest BCUT2D eigenvalue weighted by Gasteiger charge is 2.50. The Morgan fingerprint density at radius 2 is 0.833 bits per heavy atom. The zero-order chi connectivity index (χ0) is 14.2. The largest absolute Gasteiger partial charge is 0.419 e. The van der Waals surface area contributed by atoms with Crippen LogP contribution in [0.15, 0.2) is 0 Å². The molecule has 0 aromatic heterocycles. The molecule has 0 radical (unpaired) electrons. The first kappa shape index (κ1) is 18.2. The van der Waals surface area contributed by atoms with Crippen molar-refractivity contribution < 1.29 is 4.43 Å². The molecule has 110 valence electrons. The fraction of sp³-hybridized carbons (Fsp3) is 1.00. The van der Waals surface area contributed by atoms with E-state index in [9.17, 15) is 0 Å². The van der Waals surface area contributed by atoms with Crippen molar-refractivity contribution in [1.82, 2.24) is 0 Å². The number of hydrogen-bond acceptors (Lipinski definition) is 1. The normalized spacial score (nSPS) is 13.0. The van der Waals surface area contributed by atoms with Crippen molar-refractivity contribution in [2.24, 2.45) is 0 Å². The Bertz CT molecular complexity index is 162. The summed E-state index contributed by atoms with van der Waals surface area (Å²) in [6.07, 6.45) is 7.77. The summed E-state index contributed by atoms with van der Waals surface area (Å²) >= 11 is 0. The third-order valence-corrected chi connectivity index (χ3v) is 12.2. The Kier molecular flexibility index (Phi) is 9.23. The Hall–Kier alpha value is 0.177. The van der Waals surface area contributed by atoms with Crippen molar-refractivity contribution in [2.45, 2.75) is 96.7 Å². The van der Waals surface area contributed by atoms with Gasteiger partial charge in [0.15, 0.2) is 0 Å². The van der Waals surface area contributed by atoms with Crippen LogP contribution in [0.4, 0.5) is 0 Å². The molecule has 0 saturated heterocycles. The van der Waals surface area contributed by atoms with Gasteiger partial charge in [-0.25, -0.2) is 0 Å². The van der Waals surface area contributed by atoms with E-state index in [2.05, 4.69) is 41.5 Å². The van der Waals surface area contributed by atoms with Gasteiger partial charge in [0.2, 0.25) is 8.32 Å². The molecule has 1 nitrogen and oxygen atoms in total. The molecule has 0 amide bonds. The predicted molar refractivity (Wildman–Crippen MR) is 85.8 cm³/mol. The van der Waals surface area contributed by atoms with Gasteiger partial charge in [-0.2, -0.15) is 0 Å². The quantitative estimate of drug-likeness (QED) is 0.433. The second-order valence-electron chi connectivity index (χ2n) is 5.60. The average molecular weight is 273 g/mol. The van der Waals surface area contributed by atoms with Gasteiger partial charge in [-0.05, 0) is 16.6 Å². The van der Waals surface area contributed by atoms with E-state index in [-0.39, 0.29) is 0 Å². The maximum absolute atomic E-state index is 6.41. The fourth-order valence-corrected chi connectivity index (χ4v) is 11.1. The Labute approximate surface area is 117 Å². The highest BCUT2D eigenvalue weighted by molar-refractivity contribution is 6.78. The lowest BCUT2D eigenvalue weighted by Gasteiger charge is -2.47. The molecule has 0 N–H and O–H groups in total. The molecule has 0 aliphatic rings. The van der Waals surface area contributed by atoms with E-state index in [1.165, 1.54) is 38.5 Å². The minimum Gasteiger partial charge on any atom is -0.419 e. The van der Waals surface area contributed by atoms with Gasteiger partial charge in [-0.1, -0.05) is 80.1 Å². The van der Waals surface area contributed by atoms with Crippen molar-refractivity contribution in [3.63, 3.8) is 0 Å². The van der Waals surface area contributed by atoms with E-state index in [0.717, 1.165) is 16.6 Å². The van der Waals surface area contributed by atoms with Crippen molar-refractivity contribution in [3.05, 3.63) is 0 Å². The van der Waals surface area contributed by atoms with Gasteiger partial charge in [0.1, 0.15) is 0 Å². The van der Waals surface area contributed by atoms with Gasteiger partial charge in [-0.15, -0.1) is 0 Å². The first-order valence-electron chi connectivity index (χ1n) is 8.17. The van der Waals surface area contributed by atoms with Crippen LogP contribution in [0.5, 0.6) is 0 Å². The van der Waals surface area contributed by atoms with E-state index < -0.39 is 8.32 Å². The molecule has 0 bridgehead atoms. The Morgan fingerprint density at radius 3 is 0.944 bits per heavy atom. The highest BCUT2D eigenvalue weighted by atomic mass is 28.4. The van der Waals surface area contributed by atoms with Gasteiger partial charge in [0, 0.05) is 7.11 Å². The third kappa shape index (κ3) is 3.39. The van der Waals surface area contributed by atoms with Gasteiger partial charge < -0.3 is 4.43 Å². The molecule has 0 saturated carbocycles. The van der Waals surface area contributed by atoms with E-state index in [0.29, 0.717) is 0 Å². The molecule has 0 aliphatic heterocycles. The smallest absolute Gasteiger partial charge is 0.201 e. The van der Waals surface area contributed by atoms with Crippen LogP contribution in [0.1, 0.15) is 80.1 Å². The van der Waals surface area contributed by atoms with E-state index >= 15 is 0 Å². The van der Waals surface area contributed by atoms with Crippen LogP contribution in [0.25, 0.3) is 0 Å². The maximum atomic E-state index is 6.41. The predicted octanol–water partition coefficient (Wildman–Crippen LogP) is 6.15. The molecular weight excluding hydrogens is 236 g/mol. The average Bonchev–Trinajstić information content (AvgIpc) is 2.41. The molecule has 0 aliphatic carbocycles. The van der Waals surface area contributed by atoms with Gasteiger partial charge in [0.25, 0.3) is 0 Å². The van der Waals surface area contributed by atoms with Crippen molar-refractivity contribution >= 4 is 8.32 Å². The standard InChI is InChI=1S/C16H36OSi/c1-8-14(9-2)18(17-7,15(10-3)11-4)16(12-5)13-6/h14-16H,8-13H2,1-7H3. The molecule has 0 aromatic carbocycles.